The third kappa shape index (κ3) is 4.93. The molecule has 1 atom stereocenters. The average molecular weight is 519 g/mol. The highest BCUT2D eigenvalue weighted by molar-refractivity contribution is 5.94. The second kappa shape index (κ2) is 10.2. The molecule has 0 radical (unpaired) electrons. The zero-order chi connectivity index (χ0) is 26.9. The molecule has 10 nitrogen and oxygen atoms in total. The smallest absolute Gasteiger partial charge is 0.361 e. The molecule has 0 amide bonds. The monoisotopic (exact) mass is 518 g/mol. The lowest BCUT2D eigenvalue weighted by Gasteiger charge is -2.50. The zero-order valence-corrected chi connectivity index (χ0v) is 22.2. The van der Waals surface area contributed by atoms with Gasteiger partial charge in [0.2, 0.25) is 5.72 Å². The van der Waals surface area contributed by atoms with Gasteiger partial charge in [-0.3, -0.25) is 0 Å². The molecule has 1 saturated heterocycles. The van der Waals surface area contributed by atoms with Crippen LogP contribution in [-0.2, 0) is 38.2 Å². The van der Waals surface area contributed by atoms with E-state index in [9.17, 15) is 19.2 Å². The van der Waals surface area contributed by atoms with E-state index in [1.165, 1.54) is 0 Å². The van der Waals surface area contributed by atoms with Gasteiger partial charge in [0.25, 0.3) is 0 Å². The van der Waals surface area contributed by atoms with Gasteiger partial charge in [0, 0.05) is 43.7 Å². The standard InChI is InChI=1S/C27H38N2O8/c1-5-11-24(12-6-2)13-15-25(16-14-24)19-26(17-18-28(3)4)29(37-23(33)10-9-20(30)34-26)27(25)35-21(31)7-8-22(32)36-27/h7-10H,5-6,11-19H2,1-4H3/b10-9-. The van der Waals surface area contributed by atoms with Gasteiger partial charge in [-0.25, -0.2) is 19.2 Å². The van der Waals surface area contributed by atoms with E-state index in [0.717, 1.165) is 67.9 Å². The van der Waals surface area contributed by atoms with Gasteiger partial charge in [0.05, 0.1) is 5.41 Å². The molecule has 1 saturated carbocycles. The molecule has 0 aromatic heterocycles. The third-order valence-electron chi connectivity index (χ3n) is 8.36. The van der Waals surface area contributed by atoms with Gasteiger partial charge >= 0.3 is 29.8 Å². The molecule has 1 aliphatic carbocycles. The van der Waals surface area contributed by atoms with E-state index in [-0.39, 0.29) is 18.3 Å². The average Bonchev–Trinajstić information content (AvgIpc) is 2.92. The highest BCUT2D eigenvalue weighted by Gasteiger charge is 2.78. The van der Waals surface area contributed by atoms with Crippen molar-refractivity contribution in [2.45, 2.75) is 89.7 Å². The van der Waals surface area contributed by atoms with Crippen LogP contribution in [0, 0.1) is 10.8 Å². The Labute approximate surface area is 217 Å². The second-order valence-corrected chi connectivity index (χ2v) is 11.2. The molecule has 0 aromatic rings. The highest BCUT2D eigenvalue weighted by Crippen LogP contribution is 2.65. The molecule has 0 bridgehead atoms. The van der Waals surface area contributed by atoms with Gasteiger partial charge in [-0.15, -0.1) is 0 Å². The van der Waals surface area contributed by atoms with Gasteiger partial charge in [0.1, 0.15) is 0 Å². The number of hydrogen-bond acceptors (Lipinski definition) is 10. The van der Waals surface area contributed by atoms with Crippen molar-refractivity contribution >= 4 is 23.9 Å². The zero-order valence-electron chi connectivity index (χ0n) is 22.2. The molecule has 0 N–H and O–H groups in total. The van der Waals surface area contributed by atoms with Crippen molar-refractivity contribution in [3.05, 3.63) is 24.3 Å². The topological polar surface area (TPSA) is 112 Å². The molecule has 37 heavy (non-hydrogen) atoms. The molecule has 4 aliphatic rings. The first-order valence-electron chi connectivity index (χ1n) is 13.3. The van der Waals surface area contributed by atoms with Crippen LogP contribution in [0.2, 0.25) is 0 Å². The molecular weight excluding hydrogens is 480 g/mol. The molecule has 3 heterocycles. The predicted molar refractivity (Wildman–Crippen MR) is 131 cm³/mol. The normalized spacial score (nSPS) is 29.1. The first-order valence-corrected chi connectivity index (χ1v) is 13.3. The number of nitrogens with zero attached hydrogens (tertiary/aromatic N) is 2. The first kappa shape index (κ1) is 27.3. The molecule has 3 aliphatic heterocycles. The summed E-state index contributed by atoms with van der Waals surface area (Å²) in [5.41, 5.74) is -2.36. The minimum Gasteiger partial charge on any atom is -0.437 e. The van der Waals surface area contributed by atoms with E-state index in [0.29, 0.717) is 19.4 Å². The van der Waals surface area contributed by atoms with Crippen molar-refractivity contribution < 1.29 is 38.2 Å². The van der Waals surface area contributed by atoms with Gasteiger partial charge in [-0.05, 0) is 63.1 Å². The fraction of sp³-hybridized carbons (Fsp3) is 0.704. The molecule has 2 fully saturated rings. The van der Waals surface area contributed by atoms with Crippen LogP contribution in [0.4, 0.5) is 0 Å². The summed E-state index contributed by atoms with van der Waals surface area (Å²) in [5, 5.41) is 1.07. The Bertz CT molecular complexity index is 966. The maximum atomic E-state index is 12.9. The van der Waals surface area contributed by atoms with Gasteiger partial charge < -0.3 is 23.9 Å². The number of hydroxylamine groups is 2. The van der Waals surface area contributed by atoms with Crippen LogP contribution in [-0.4, -0.2) is 66.1 Å². The summed E-state index contributed by atoms with van der Waals surface area (Å²) in [7, 11) is 3.75. The van der Waals surface area contributed by atoms with Crippen LogP contribution in [0.1, 0.15) is 78.1 Å². The molecule has 4 rings (SSSR count). The van der Waals surface area contributed by atoms with Gasteiger partial charge in [-0.1, -0.05) is 26.7 Å². The lowest BCUT2D eigenvalue weighted by Crippen LogP contribution is -2.64. The Hall–Kier alpha value is -2.72. The van der Waals surface area contributed by atoms with Crippen LogP contribution in [0.5, 0.6) is 0 Å². The fourth-order valence-corrected chi connectivity index (χ4v) is 6.77. The summed E-state index contributed by atoms with van der Waals surface area (Å²) in [6.45, 7) is 4.82. The van der Waals surface area contributed by atoms with Crippen molar-refractivity contribution in [2.24, 2.45) is 10.8 Å². The van der Waals surface area contributed by atoms with Crippen LogP contribution >= 0.6 is 0 Å². The summed E-state index contributed by atoms with van der Waals surface area (Å²) < 4.78 is 17.9. The fourth-order valence-electron chi connectivity index (χ4n) is 6.77. The number of rotatable bonds is 7. The molecule has 0 aromatic carbocycles. The SMILES string of the molecule is CCCC1(CCC)CCC2(CC1)CC1(CCN(C)C)OC(=O)/C=C\C(=O)ON1C21OC(=O)C=CC(=O)O1. The van der Waals surface area contributed by atoms with E-state index in [4.69, 9.17) is 19.0 Å². The van der Waals surface area contributed by atoms with E-state index in [1.54, 1.807) is 0 Å². The Morgan fingerprint density at radius 3 is 1.78 bits per heavy atom. The lowest BCUT2D eigenvalue weighted by atomic mass is 9.58. The highest BCUT2D eigenvalue weighted by atomic mass is 16.9. The maximum absolute atomic E-state index is 12.9. The summed E-state index contributed by atoms with van der Waals surface area (Å²) in [6, 6.07) is 0. The molecule has 10 heteroatoms. The number of esters is 3. The van der Waals surface area contributed by atoms with Crippen LogP contribution < -0.4 is 0 Å². The number of ether oxygens (including phenoxy) is 3. The third-order valence-corrected chi connectivity index (χ3v) is 8.36. The van der Waals surface area contributed by atoms with Gasteiger partial charge in [-0.2, -0.15) is 0 Å². The minimum atomic E-state index is -2.08. The van der Waals surface area contributed by atoms with Crippen molar-refractivity contribution in [3.63, 3.8) is 0 Å². The largest absolute Gasteiger partial charge is 0.437 e. The molecule has 1 unspecified atom stereocenters. The van der Waals surface area contributed by atoms with E-state index in [1.807, 2.05) is 19.0 Å². The van der Waals surface area contributed by atoms with Crippen molar-refractivity contribution in [1.29, 1.82) is 0 Å². The number of fused-ring (bicyclic) bond motifs is 3. The Balaban J connectivity index is 1.86. The summed E-state index contributed by atoms with van der Waals surface area (Å²) in [5.74, 6) is -5.25. The Morgan fingerprint density at radius 2 is 1.27 bits per heavy atom. The van der Waals surface area contributed by atoms with E-state index in [2.05, 4.69) is 13.8 Å². The summed E-state index contributed by atoms with van der Waals surface area (Å²) in [4.78, 5) is 58.9. The Kier molecular flexibility index (Phi) is 7.54. The first-order chi connectivity index (χ1) is 17.5. The summed E-state index contributed by atoms with van der Waals surface area (Å²) >= 11 is 0. The predicted octanol–water partition coefficient (Wildman–Crippen LogP) is 3.37. The molecular formula is C27H38N2O8. The maximum Gasteiger partial charge on any atom is 0.361 e. The second-order valence-electron chi connectivity index (χ2n) is 11.2. The van der Waals surface area contributed by atoms with E-state index < -0.39 is 40.9 Å². The van der Waals surface area contributed by atoms with Crippen LogP contribution in [0.15, 0.2) is 24.3 Å². The molecule has 2 spiro atoms. The van der Waals surface area contributed by atoms with Gasteiger partial charge in [0.15, 0.2) is 0 Å². The number of carbonyl (C=O) groups is 4. The minimum absolute atomic E-state index is 0.121. The van der Waals surface area contributed by atoms with Crippen LogP contribution in [0.3, 0.4) is 0 Å². The van der Waals surface area contributed by atoms with Crippen molar-refractivity contribution in [1.82, 2.24) is 9.96 Å². The van der Waals surface area contributed by atoms with Crippen LogP contribution in [0.25, 0.3) is 0 Å². The van der Waals surface area contributed by atoms with Crippen molar-refractivity contribution in [3.8, 4) is 0 Å². The Morgan fingerprint density at radius 1 is 0.757 bits per heavy atom. The molecule has 204 valence electrons. The quantitative estimate of drug-likeness (QED) is 0.465. The number of carbonyl (C=O) groups excluding carboxylic acids is 4. The van der Waals surface area contributed by atoms with Crippen molar-refractivity contribution in [2.75, 3.05) is 20.6 Å². The number of hydrogen-bond donors (Lipinski definition) is 0. The summed E-state index contributed by atoms with van der Waals surface area (Å²) in [6.07, 6.45) is 11.3. The lowest BCUT2D eigenvalue weighted by molar-refractivity contribution is -0.417. The van der Waals surface area contributed by atoms with E-state index >= 15 is 0 Å².